The van der Waals surface area contributed by atoms with Crippen molar-refractivity contribution in [2.45, 2.75) is 81.8 Å². The molecule has 0 bridgehead atoms. The van der Waals surface area contributed by atoms with Gasteiger partial charge in [0.15, 0.2) is 13.3 Å². The van der Waals surface area contributed by atoms with E-state index in [2.05, 4.69) is 43.9 Å². The molecule has 1 aliphatic heterocycles. The Kier molecular flexibility index (Phi) is 9.57. The molecule has 0 atom stereocenters. The summed E-state index contributed by atoms with van der Waals surface area (Å²) in [4.78, 5) is 20.0. The Hall–Kier alpha value is -2.77. The number of aromatic nitrogens is 3. The first kappa shape index (κ1) is 32.6. The molecule has 0 N–H and O–H groups in total. The molecule has 5 rings (SSSR count). The molecular weight excluding hydrogens is 618 g/mol. The van der Waals surface area contributed by atoms with Gasteiger partial charge >= 0.3 is 5.56 Å². The molecule has 2 aliphatic rings. The summed E-state index contributed by atoms with van der Waals surface area (Å²) in [6.07, 6.45) is 6.41. The van der Waals surface area contributed by atoms with Gasteiger partial charge in [-0.1, -0.05) is 44.5 Å². The average molecular weight is 660 g/mol. The van der Waals surface area contributed by atoms with Gasteiger partial charge in [0.25, 0.3) is 10.0 Å². The topological polar surface area (TPSA) is 107 Å². The zero-order valence-corrected chi connectivity index (χ0v) is 28.6. The molecule has 1 aromatic carbocycles. The molecule has 1 saturated carbocycles. The molecule has 13 heteroatoms. The van der Waals surface area contributed by atoms with Crippen LogP contribution in [0, 0.1) is 0 Å². The fourth-order valence-electron chi connectivity index (χ4n) is 5.39. The number of hydrogen-bond donors (Lipinski definition) is 0. The van der Waals surface area contributed by atoms with Crippen molar-refractivity contribution in [2.75, 3.05) is 31.1 Å². The van der Waals surface area contributed by atoms with Crippen LogP contribution >= 0.6 is 11.6 Å². The summed E-state index contributed by atoms with van der Waals surface area (Å²) in [6.45, 7) is 12.5. The third-order valence-corrected chi connectivity index (χ3v) is 15.5. The Bertz CT molecular complexity index is 1610. The van der Waals surface area contributed by atoms with Crippen molar-refractivity contribution in [3.05, 3.63) is 70.2 Å². The van der Waals surface area contributed by atoms with Crippen LogP contribution in [-0.2, 0) is 14.4 Å². The average Bonchev–Trinajstić information content (AvgIpc) is 2.99. The van der Waals surface area contributed by atoms with Crippen molar-refractivity contribution in [3.63, 3.8) is 0 Å². The number of anilines is 1. The lowest BCUT2D eigenvalue weighted by Gasteiger charge is -2.41. The number of pyridine rings is 1. The fraction of sp³-hybridized carbons (Fsp3) is 0.516. The Balaban J connectivity index is 1.36. The summed E-state index contributed by atoms with van der Waals surface area (Å²) in [6, 6.07) is 11.8. The normalized spacial score (nSPS) is 20.5. The largest absolute Gasteiger partial charge is 0.483 e. The second-order valence-corrected chi connectivity index (χ2v) is 20.1. The molecule has 0 spiro atoms. The zero-order chi connectivity index (χ0) is 31.7. The van der Waals surface area contributed by atoms with Crippen molar-refractivity contribution >= 4 is 35.6 Å². The number of halogens is 1. The minimum atomic E-state index is -3.72. The third-order valence-electron chi connectivity index (χ3n) is 8.96. The van der Waals surface area contributed by atoms with E-state index in [1.807, 2.05) is 4.90 Å². The van der Waals surface area contributed by atoms with Crippen LogP contribution in [-0.4, -0.2) is 74.2 Å². The van der Waals surface area contributed by atoms with E-state index in [9.17, 15) is 13.2 Å². The number of hydrogen-bond acceptors (Lipinski definition) is 8. The predicted octanol–water partition coefficient (Wildman–Crippen LogP) is 5.50. The van der Waals surface area contributed by atoms with Crippen LogP contribution in [0.4, 0.5) is 5.69 Å². The summed E-state index contributed by atoms with van der Waals surface area (Å²) in [5.74, 6) is 0.217. The Morgan fingerprint density at radius 1 is 0.955 bits per heavy atom. The molecule has 238 valence electrons. The summed E-state index contributed by atoms with van der Waals surface area (Å²) in [7, 11) is -5.61. The number of rotatable bonds is 8. The summed E-state index contributed by atoms with van der Waals surface area (Å²) in [5, 5.41) is 5.13. The van der Waals surface area contributed by atoms with E-state index in [1.165, 1.54) is 21.3 Å². The monoisotopic (exact) mass is 659 g/mol. The summed E-state index contributed by atoms with van der Waals surface area (Å²) >= 11 is 6.23. The molecule has 3 heterocycles. The van der Waals surface area contributed by atoms with Crippen LogP contribution in [0.25, 0.3) is 5.69 Å². The SMILES string of the molecule is CC(C)(C)[Si](C)(C)OC1CCC(Oc2c(N3CCN(S(=O)(=O)c4ccccn4)CC3)cnn(-c3cccc(Cl)c3)c2=O)CC1. The van der Waals surface area contributed by atoms with Gasteiger partial charge in [0.05, 0.1) is 18.0 Å². The quantitative estimate of drug-likeness (QED) is 0.292. The van der Waals surface area contributed by atoms with Gasteiger partial charge in [0.2, 0.25) is 5.75 Å². The molecule has 0 radical (unpaired) electrons. The third kappa shape index (κ3) is 7.04. The van der Waals surface area contributed by atoms with Gasteiger partial charge in [-0.15, -0.1) is 0 Å². The van der Waals surface area contributed by atoms with Crippen LogP contribution in [0.2, 0.25) is 23.2 Å². The number of piperazine rings is 1. The minimum absolute atomic E-state index is 0.0244. The molecular formula is C31H42ClN5O5SSi. The first-order chi connectivity index (χ1) is 20.8. The maximum absolute atomic E-state index is 14.0. The Morgan fingerprint density at radius 3 is 2.25 bits per heavy atom. The highest BCUT2D eigenvalue weighted by molar-refractivity contribution is 7.89. The highest BCUT2D eigenvalue weighted by Gasteiger charge is 2.40. The van der Waals surface area contributed by atoms with E-state index in [-0.39, 0.29) is 46.7 Å². The molecule has 2 fully saturated rings. The van der Waals surface area contributed by atoms with Crippen LogP contribution in [0.5, 0.6) is 5.75 Å². The number of ether oxygens (including phenoxy) is 1. The lowest BCUT2D eigenvalue weighted by Crippen LogP contribution is -2.49. The van der Waals surface area contributed by atoms with E-state index >= 15 is 0 Å². The standard InChI is InChI=1S/C31H42ClN5O5SSi/c1-31(2,3)44(4,5)42-26-14-12-25(13-15-26)41-29-27(22-34-37(30(29)38)24-10-8-9-23(32)21-24)35-17-19-36(20-18-35)43(39,40)28-11-6-7-16-33-28/h6-11,16,21-22,25-26H,12-15,17-20H2,1-5H3. The number of nitrogens with zero attached hydrogens (tertiary/aromatic N) is 5. The maximum Gasteiger partial charge on any atom is 0.316 e. The Morgan fingerprint density at radius 2 is 1.64 bits per heavy atom. The summed E-state index contributed by atoms with van der Waals surface area (Å²) in [5.41, 5.74) is 0.715. The molecule has 10 nitrogen and oxygen atoms in total. The first-order valence-electron chi connectivity index (χ1n) is 15.2. The number of sulfonamides is 1. The fourth-order valence-corrected chi connectivity index (χ4v) is 8.35. The molecule has 3 aromatic rings. The van der Waals surface area contributed by atoms with Gasteiger partial charge in [-0.25, -0.2) is 13.4 Å². The van der Waals surface area contributed by atoms with Crippen LogP contribution in [0.1, 0.15) is 46.5 Å². The van der Waals surface area contributed by atoms with Crippen molar-refractivity contribution in [3.8, 4) is 11.4 Å². The second kappa shape index (κ2) is 12.9. The van der Waals surface area contributed by atoms with E-state index in [0.29, 0.717) is 29.5 Å². The molecule has 0 unspecified atom stereocenters. The van der Waals surface area contributed by atoms with Crippen molar-refractivity contribution < 1.29 is 17.6 Å². The van der Waals surface area contributed by atoms with Gasteiger partial charge in [0, 0.05) is 43.5 Å². The summed E-state index contributed by atoms with van der Waals surface area (Å²) < 4.78 is 42.2. The van der Waals surface area contributed by atoms with Gasteiger partial charge < -0.3 is 14.1 Å². The minimum Gasteiger partial charge on any atom is -0.483 e. The van der Waals surface area contributed by atoms with Crippen LogP contribution in [0.15, 0.2) is 64.7 Å². The lowest BCUT2D eigenvalue weighted by molar-refractivity contribution is 0.0717. The molecule has 0 amide bonds. The Labute approximate surface area is 266 Å². The molecule has 1 saturated heterocycles. The van der Waals surface area contributed by atoms with E-state index in [4.69, 9.17) is 20.8 Å². The molecule has 44 heavy (non-hydrogen) atoms. The molecule has 1 aliphatic carbocycles. The first-order valence-corrected chi connectivity index (χ1v) is 19.9. The van der Waals surface area contributed by atoms with E-state index in [1.54, 1.807) is 42.6 Å². The number of benzene rings is 1. The molecule has 2 aromatic heterocycles. The lowest BCUT2D eigenvalue weighted by atomic mass is 9.95. The zero-order valence-electron chi connectivity index (χ0n) is 26.1. The van der Waals surface area contributed by atoms with Crippen molar-refractivity contribution in [2.24, 2.45) is 0 Å². The van der Waals surface area contributed by atoms with E-state index in [0.717, 1.165) is 25.7 Å². The van der Waals surface area contributed by atoms with Gasteiger partial charge in [0.1, 0.15) is 5.69 Å². The van der Waals surface area contributed by atoms with Gasteiger partial charge in [-0.2, -0.15) is 14.1 Å². The maximum atomic E-state index is 14.0. The smallest absolute Gasteiger partial charge is 0.316 e. The second-order valence-electron chi connectivity index (χ2n) is 13.0. The van der Waals surface area contributed by atoms with Gasteiger partial charge in [-0.05, 0) is 74.1 Å². The van der Waals surface area contributed by atoms with Crippen molar-refractivity contribution in [1.29, 1.82) is 0 Å². The van der Waals surface area contributed by atoms with Gasteiger partial charge in [-0.3, -0.25) is 4.79 Å². The van der Waals surface area contributed by atoms with E-state index < -0.39 is 18.3 Å². The van der Waals surface area contributed by atoms with Crippen molar-refractivity contribution in [1.82, 2.24) is 19.1 Å². The van der Waals surface area contributed by atoms with Crippen LogP contribution in [0.3, 0.4) is 0 Å². The highest BCUT2D eigenvalue weighted by Crippen LogP contribution is 2.39. The highest BCUT2D eigenvalue weighted by atomic mass is 35.5. The predicted molar refractivity (Wildman–Crippen MR) is 175 cm³/mol. The van der Waals surface area contributed by atoms with Crippen LogP contribution < -0.4 is 15.2 Å².